The van der Waals surface area contributed by atoms with Gasteiger partial charge in [-0.3, -0.25) is 0 Å². The van der Waals surface area contributed by atoms with Crippen molar-refractivity contribution >= 4 is 35.2 Å². The fraction of sp³-hybridized carbons (Fsp3) is 0.167. The van der Waals surface area contributed by atoms with E-state index in [1.807, 2.05) is 24.3 Å². The lowest BCUT2D eigenvalue weighted by Gasteiger charge is -2.11. The highest BCUT2D eigenvalue weighted by molar-refractivity contribution is 6.29. The Morgan fingerprint density at radius 3 is 2.74 bits per heavy atom. The average Bonchev–Trinajstić information content (AvgIpc) is 2.67. The Bertz CT molecular complexity index is 949. The highest BCUT2D eigenvalue weighted by Crippen LogP contribution is 2.19. The number of aryl methyl sites for hydroxylation is 1. The summed E-state index contributed by atoms with van der Waals surface area (Å²) in [6.07, 6.45) is 2.18. The van der Waals surface area contributed by atoms with Crippen molar-refractivity contribution in [2.24, 2.45) is 0 Å². The molecule has 0 aliphatic rings. The molecule has 0 bridgehead atoms. The van der Waals surface area contributed by atoms with E-state index in [0.717, 1.165) is 17.7 Å². The van der Waals surface area contributed by atoms with Crippen LogP contribution in [0, 0.1) is 0 Å². The number of hydrogen-bond acceptors (Lipinski definition) is 8. The number of anilines is 3. The summed E-state index contributed by atoms with van der Waals surface area (Å²) in [6.45, 7) is 1.90. The summed E-state index contributed by atoms with van der Waals surface area (Å²) in [5, 5.41) is 3.41. The van der Waals surface area contributed by atoms with E-state index in [1.165, 1.54) is 18.3 Å². The predicted octanol–water partition coefficient (Wildman–Crippen LogP) is 3.17. The van der Waals surface area contributed by atoms with Gasteiger partial charge in [0, 0.05) is 11.9 Å². The number of rotatable bonds is 6. The van der Waals surface area contributed by atoms with Gasteiger partial charge in [-0.2, -0.15) is 15.0 Å². The summed E-state index contributed by atoms with van der Waals surface area (Å²) >= 11 is 5.70. The van der Waals surface area contributed by atoms with Gasteiger partial charge in [0.15, 0.2) is 12.4 Å². The highest BCUT2D eigenvalue weighted by Gasteiger charge is 2.11. The van der Waals surface area contributed by atoms with E-state index in [9.17, 15) is 4.79 Å². The van der Waals surface area contributed by atoms with Crippen LogP contribution in [0.4, 0.5) is 17.6 Å². The minimum absolute atomic E-state index is 0.0284. The number of esters is 1. The van der Waals surface area contributed by atoms with Crippen LogP contribution in [0.2, 0.25) is 5.15 Å². The van der Waals surface area contributed by atoms with E-state index in [-0.39, 0.29) is 29.9 Å². The summed E-state index contributed by atoms with van der Waals surface area (Å²) in [4.78, 5) is 28.2. The standard InChI is InChI=1S/C18H17ClN6O2/c1-2-11-5-3-4-6-13(11)22-18-24-15(23-17(20)25-18)10-27-16(26)12-7-8-14(19)21-9-12/h3-9H,2,10H2,1H3,(H3,20,22,23,24,25). The van der Waals surface area contributed by atoms with Crippen LogP contribution in [-0.2, 0) is 17.8 Å². The SMILES string of the molecule is CCc1ccccc1Nc1nc(N)nc(COC(=O)c2ccc(Cl)nc2)n1. The van der Waals surface area contributed by atoms with Crippen LogP contribution in [0.15, 0.2) is 42.6 Å². The molecule has 3 N–H and O–H groups in total. The monoisotopic (exact) mass is 384 g/mol. The van der Waals surface area contributed by atoms with E-state index < -0.39 is 5.97 Å². The van der Waals surface area contributed by atoms with Crippen molar-refractivity contribution in [1.29, 1.82) is 0 Å². The quantitative estimate of drug-likeness (QED) is 0.491. The third-order valence-electron chi connectivity index (χ3n) is 3.64. The number of ether oxygens (including phenoxy) is 1. The molecule has 0 saturated heterocycles. The molecule has 0 saturated carbocycles. The predicted molar refractivity (Wildman–Crippen MR) is 102 cm³/mol. The zero-order chi connectivity index (χ0) is 19.2. The summed E-state index contributed by atoms with van der Waals surface area (Å²) in [5.41, 5.74) is 8.01. The van der Waals surface area contributed by atoms with Gasteiger partial charge in [-0.1, -0.05) is 36.7 Å². The molecule has 9 heteroatoms. The van der Waals surface area contributed by atoms with Gasteiger partial charge in [-0.25, -0.2) is 9.78 Å². The maximum Gasteiger partial charge on any atom is 0.340 e. The van der Waals surface area contributed by atoms with Gasteiger partial charge < -0.3 is 15.8 Å². The van der Waals surface area contributed by atoms with Crippen molar-refractivity contribution in [3.63, 3.8) is 0 Å². The first-order valence-corrected chi connectivity index (χ1v) is 8.57. The van der Waals surface area contributed by atoms with Gasteiger partial charge in [0.25, 0.3) is 0 Å². The smallest absolute Gasteiger partial charge is 0.340 e. The number of hydrogen-bond donors (Lipinski definition) is 2. The summed E-state index contributed by atoms with van der Waals surface area (Å²) in [5.74, 6) is -0.0264. The second kappa shape index (κ2) is 8.41. The first-order chi connectivity index (χ1) is 13.0. The summed E-state index contributed by atoms with van der Waals surface area (Å²) in [7, 11) is 0. The first kappa shape index (κ1) is 18.5. The van der Waals surface area contributed by atoms with Crippen LogP contribution in [-0.4, -0.2) is 25.9 Å². The van der Waals surface area contributed by atoms with Crippen LogP contribution in [0.1, 0.15) is 28.7 Å². The number of carbonyl (C=O) groups excluding carboxylic acids is 1. The second-order valence-corrected chi connectivity index (χ2v) is 5.90. The molecule has 2 aromatic heterocycles. The van der Waals surface area contributed by atoms with Gasteiger partial charge >= 0.3 is 5.97 Å². The average molecular weight is 385 g/mol. The van der Waals surface area contributed by atoms with Crippen molar-refractivity contribution in [1.82, 2.24) is 19.9 Å². The van der Waals surface area contributed by atoms with Crippen LogP contribution in [0.5, 0.6) is 0 Å². The molecule has 0 aliphatic carbocycles. The van der Waals surface area contributed by atoms with E-state index in [2.05, 4.69) is 32.2 Å². The van der Waals surface area contributed by atoms with E-state index in [4.69, 9.17) is 22.1 Å². The van der Waals surface area contributed by atoms with Gasteiger partial charge in [0.1, 0.15) is 5.15 Å². The molecule has 0 atom stereocenters. The first-order valence-electron chi connectivity index (χ1n) is 8.19. The zero-order valence-corrected chi connectivity index (χ0v) is 15.3. The maximum absolute atomic E-state index is 12.1. The molecule has 1 aromatic carbocycles. The number of nitrogens with one attached hydrogen (secondary N) is 1. The van der Waals surface area contributed by atoms with E-state index in [0.29, 0.717) is 5.15 Å². The lowest BCUT2D eigenvalue weighted by molar-refractivity contribution is 0.0461. The normalized spacial score (nSPS) is 10.4. The summed E-state index contributed by atoms with van der Waals surface area (Å²) in [6, 6.07) is 10.8. The molecule has 3 aromatic rings. The number of benzene rings is 1. The Kier molecular flexibility index (Phi) is 5.77. The molecule has 0 aliphatic heterocycles. The number of nitrogen functional groups attached to an aromatic ring is 1. The minimum Gasteiger partial charge on any atom is -0.454 e. The van der Waals surface area contributed by atoms with Crippen molar-refractivity contribution in [2.75, 3.05) is 11.1 Å². The number of para-hydroxylation sites is 1. The second-order valence-electron chi connectivity index (χ2n) is 5.51. The number of nitrogens with zero attached hydrogens (tertiary/aromatic N) is 4. The molecule has 0 fully saturated rings. The molecular formula is C18H17ClN6O2. The molecule has 8 nitrogen and oxygen atoms in total. The molecule has 0 amide bonds. The fourth-order valence-corrected chi connectivity index (χ4v) is 2.45. The molecule has 0 unspecified atom stereocenters. The Hall–Kier alpha value is -3.26. The fourth-order valence-electron chi connectivity index (χ4n) is 2.34. The number of pyridine rings is 1. The summed E-state index contributed by atoms with van der Waals surface area (Å²) < 4.78 is 5.20. The molecule has 0 spiro atoms. The minimum atomic E-state index is -0.566. The molecule has 0 radical (unpaired) electrons. The third kappa shape index (κ3) is 4.89. The van der Waals surface area contributed by atoms with Crippen LogP contribution < -0.4 is 11.1 Å². The van der Waals surface area contributed by atoms with Crippen LogP contribution in [0.25, 0.3) is 0 Å². The Balaban J connectivity index is 1.71. The third-order valence-corrected chi connectivity index (χ3v) is 3.86. The van der Waals surface area contributed by atoms with E-state index >= 15 is 0 Å². The van der Waals surface area contributed by atoms with Crippen molar-refractivity contribution < 1.29 is 9.53 Å². The molecule has 3 rings (SSSR count). The number of aromatic nitrogens is 4. The van der Waals surface area contributed by atoms with Crippen LogP contribution >= 0.6 is 11.6 Å². The van der Waals surface area contributed by atoms with Crippen molar-refractivity contribution in [3.05, 3.63) is 64.7 Å². The lowest BCUT2D eigenvalue weighted by atomic mass is 10.1. The van der Waals surface area contributed by atoms with Crippen LogP contribution in [0.3, 0.4) is 0 Å². The van der Waals surface area contributed by atoms with Gasteiger partial charge in [0.05, 0.1) is 5.56 Å². The number of halogens is 1. The highest BCUT2D eigenvalue weighted by atomic mass is 35.5. The van der Waals surface area contributed by atoms with Crippen molar-refractivity contribution in [3.8, 4) is 0 Å². The molecule has 2 heterocycles. The van der Waals surface area contributed by atoms with Crippen molar-refractivity contribution in [2.45, 2.75) is 20.0 Å². The largest absolute Gasteiger partial charge is 0.454 e. The van der Waals surface area contributed by atoms with Gasteiger partial charge in [-0.05, 0) is 30.2 Å². The Labute approximate surface area is 160 Å². The number of carbonyl (C=O) groups is 1. The maximum atomic E-state index is 12.1. The zero-order valence-electron chi connectivity index (χ0n) is 14.5. The van der Waals surface area contributed by atoms with Gasteiger partial charge in [0.2, 0.25) is 11.9 Å². The number of nitrogens with two attached hydrogens (primary N) is 1. The Morgan fingerprint density at radius 2 is 2.00 bits per heavy atom. The van der Waals surface area contributed by atoms with E-state index in [1.54, 1.807) is 0 Å². The lowest BCUT2D eigenvalue weighted by Crippen LogP contribution is -2.11. The molecule has 138 valence electrons. The molecule has 27 heavy (non-hydrogen) atoms. The van der Waals surface area contributed by atoms with Gasteiger partial charge in [-0.15, -0.1) is 0 Å². The Morgan fingerprint density at radius 1 is 1.19 bits per heavy atom. The molecular weight excluding hydrogens is 368 g/mol. The topological polar surface area (TPSA) is 116 Å².